The molecule has 88 valence electrons. The Labute approximate surface area is 92.0 Å². The third-order valence-corrected chi connectivity index (χ3v) is 2.89. The van der Waals surface area contributed by atoms with E-state index >= 15 is 0 Å². The molecular formula is C8H10N2O5S. The molecule has 0 aliphatic carbocycles. The number of benzene rings is 1. The van der Waals surface area contributed by atoms with E-state index in [-0.39, 0.29) is 11.4 Å². The largest absolute Gasteiger partial charge is 0.367 e. The van der Waals surface area contributed by atoms with Gasteiger partial charge in [0.15, 0.2) is 5.37 Å². The average molecular weight is 246 g/mol. The first-order valence-corrected chi connectivity index (χ1v) is 5.78. The molecule has 0 aliphatic heterocycles. The predicted octanol–water partition coefficient (Wildman–Crippen LogP) is 1.24. The Kier molecular flexibility index (Phi) is 3.45. The molecule has 8 heteroatoms. The maximum Gasteiger partial charge on any atom is 0.285 e. The van der Waals surface area contributed by atoms with Crippen LogP contribution in [0, 0.1) is 10.1 Å². The van der Waals surface area contributed by atoms with Gasteiger partial charge in [-0.2, -0.15) is 8.42 Å². The molecule has 0 aromatic heterocycles. The highest BCUT2D eigenvalue weighted by molar-refractivity contribution is 7.86. The molecule has 1 aromatic rings. The van der Waals surface area contributed by atoms with Gasteiger partial charge in [-0.25, -0.2) is 0 Å². The summed E-state index contributed by atoms with van der Waals surface area (Å²) in [7, 11) is -4.22. The quantitative estimate of drug-likeness (QED) is 0.470. The van der Waals surface area contributed by atoms with Crippen molar-refractivity contribution in [2.45, 2.75) is 12.3 Å². The van der Waals surface area contributed by atoms with Gasteiger partial charge in [-0.1, -0.05) is 6.07 Å². The van der Waals surface area contributed by atoms with Crippen LogP contribution in [-0.2, 0) is 10.1 Å². The molecule has 2 N–H and O–H groups in total. The van der Waals surface area contributed by atoms with Crippen molar-refractivity contribution in [3.8, 4) is 0 Å². The van der Waals surface area contributed by atoms with Gasteiger partial charge in [0.1, 0.15) is 0 Å². The van der Waals surface area contributed by atoms with Gasteiger partial charge in [0.2, 0.25) is 0 Å². The molecule has 0 spiro atoms. The Bertz CT molecular complexity index is 499. The maximum absolute atomic E-state index is 10.7. The first kappa shape index (κ1) is 12.4. The number of nitrogens with zero attached hydrogens (tertiary/aromatic N) is 1. The second-order valence-corrected chi connectivity index (χ2v) is 4.85. The molecule has 1 aromatic carbocycles. The average Bonchev–Trinajstić information content (AvgIpc) is 2.16. The molecule has 0 unspecified atom stereocenters. The highest BCUT2D eigenvalue weighted by atomic mass is 32.2. The molecule has 1 rings (SSSR count). The predicted molar refractivity (Wildman–Crippen MR) is 57.7 cm³/mol. The number of hydrogen-bond donors (Lipinski definition) is 2. The Balaban J connectivity index is 2.90. The number of hydrogen-bond acceptors (Lipinski definition) is 5. The fourth-order valence-corrected chi connectivity index (χ4v) is 1.30. The Hall–Kier alpha value is -1.67. The molecule has 0 amide bonds. The van der Waals surface area contributed by atoms with E-state index in [4.69, 9.17) is 4.55 Å². The van der Waals surface area contributed by atoms with E-state index in [1.807, 2.05) is 0 Å². The normalized spacial score (nSPS) is 13.1. The number of nitro benzene ring substituents is 1. The van der Waals surface area contributed by atoms with Crippen molar-refractivity contribution >= 4 is 21.5 Å². The lowest BCUT2D eigenvalue weighted by Gasteiger charge is -2.11. The lowest BCUT2D eigenvalue weighted by atomic mass is 10.3. The Morgan fingerprint density at radius 2 is 2.12 bits per heavy atom. The van der Waals surface area contributed by atoms with E-state index in [9.17, 15) is 18.5 Å². The SMILES string of the molecule is C[C@@H](Nc1cccc([N+](=O)[O-])c1)S(=O)(=O)O. The minimum atomic E-state index is -4.22. The van der Waals surface area contributed by atoms with E-state index in [0.717, 1.165) is 0 Å². The topological polar surface area (TPSA) is 110 Å². The van der Waals surface area contributed by atoms with Crippen LogP contribution in [0.2, 0.25) is 0 Å². The van der Waals surface area contributed by atoms with Crippen LogP contribution in [0.5, 0.6) is 0 Å². The van der Waals surface area contributed by atoms with Crippen molar-refractivity contribution in [1.82, 2.24) is 0 Å². The number of rotatable bonds is 4. The Morgan fingerprint density at radius 1 is 1.50 bits per heavy atom. The third-order valence-electron chi connectivity index (χ3n) is 1.87. The van der Waals surface area contributed by atoms with Crippen LogP contribution in [-0.4, -0.2) is 23.3 Å². The minimum absolute atomic E-state index is 0.160. The van der Waals surface area contributed by atoms with Crippen molar-refractivity contribution in [1.29, 1.82) is 0 Å². The summed E-state index contributed by atoms with van der Waals surface area (Å²) in [5.74, 6) is 0. The van der Waals surface area contributed by atoms with E-state index in [1.54, 1.807) is 0 Å². The fraction of sp³-hybridized carbons (Fsp3) is 0.250. The second kappa shape index (κ2) is 4.45. The maximum atomic E-state index is 10.7. The van der Waals surface area contributed by atoms with E-state index in [0.29, 0.717) is 0 Å². The first-order chi connectivity index (χ1) is 7.30. The van der Waals surface area contributed by atoms with Crippen LogP contribution in [0.4, 0.5) is 11.4 Å². The second-order valence-electron chi connectivity index (χ2n) is 3.11. The third kappa shape index (κ3) is 3.17. The summed E-state index contributed by atoms with van der Waals surface area (Å²) < 4.78 is 30.1. The van der Waals surface area contributed by atoms with Crippen molar-refractivity contribution in [2.75, 3.05) is 5.32 Å². The van der Waals surface area contributed by atoms with Crippen LogP contribution in [0.1, 0.15) is 6.92 Å². The highest BCUT2D eigenvalue weighted by Gasteiger charge is 2.17. The molecule has 0 heterocycles. The van der Waals surface area contributed by atoms with Gasteiger partial charge in [-0.05, 0) is 13.0 Å². The summed E-state index contributed by atoms with van der Waals surface area (Å²) in [5.41, 5.74) is 0.0897. The summed E-state index contributed by atoms with van der Waals surface area (Å²) >= 11 is 0. The summed E-state index contributed by atoms with van der Waals surface area (Å²) in [5, 5.41) is 11.7. The number of nitrogens with one attached hydrogen (secondary N) is 1. The van der Waals surface area contributed by atoms with Gasteiger partial charge in [-0.3, -0.25) is 14.7 Å². The van der Waals surface area contributed by atoms with E-state index in [2.05, 4.69) is 5.32 Å². The zero-order valence-electron chi connectivity index (χ0n) is 8.32. The highest BCUT2D eigenvalue weighted by Crippen LogP contribution is 2.18. The van der Waals surface area contributed by atoms with Crippen molar-refractivity contribution < 1.29 is 17.9 Å². The van der Waals surface area contributed by atoms with Gasteiger partial charge in [-0.15, -0.1) is 0 Å². The van der Waals surface area contributed by atoms with Gasteiger partial charge in [0, 0.05) is 17.8 Å². The molecule has 0 aliphatic rings. The summed E-state index contributed by atoms with van der Waals surface area (Å²) in [4.78, 5) is 9.85. The molecule has 0 saturated carbocycles. The van der Waals surface area contributed by atoms with Crippen molar-refractivity contribution in [3.63, 3.8) is 0 Å². The van der Waals surface area contributed by atoms with Crippen LogP contribution in [0.25, 0.3) is 0 Å². The fourth-order valence-electron chi connectivity index (χ4n) is 1.02. The molecule has 0 fully saturated rings. The van der Waals surface area contributed by atoms with Crippen molar-refractivity contribution in [2.24, 2.45) is 0 Å². The van der Waals surface area contributed by atoms with Gasteiger partial charge in [0.05, 0.1) is 4.92 Å². The van der Waals surface area contributed by atoms with Gasteiger partial charge < -0.3 is 5.32 Å². The standard InChI is InChI=1S/C8H10N2O5S/c1-6(16(13,14)15)9-7-3-2-4-8(5-7)10(11)12/h2-6,9H,1H3,(H,13,14,15)/t6-/m0/s1. The summed E-state index contributed by atoms with van der Waals surface area (Å²) in [6.07, 6.45) is 0. The zero-order valence-corrected chi connectivity index (χ0v) is 9.14. The smallest absolute Gasteiger partial charge is 0.285 e. The van der Waals surface area contributed by atoms with Crippen LogP contribution < -0.4 is 5.32 Å². The summed E-state index contributed by atoms with van der Waals surface area (Å²) in [6.45, 7) is 1.23. The van der Waals surface area contributed by atoms with Gasteiger partial charge in [0.25, 0.3) is 15.8 Å². The van der Waals surface area contributed by atoms with E-state index in [1.165, 1.54) is 31.2 Å². The van der Waals surface area contributed by atoms with E-state index < -0.39 is 20.4 Å². The molecule has 0 bridgehead atoms. The number of anilines is 1. The zero-order chi connectivity index (χ0) is 12.3. The van der Waals surface area contributed by atoms with Crippen LogP contribution >= 0.6 is 0 Å². The lowest BCUT2D eigenvalue weighted by Crippen LogP contribution is -2.25. The molecule has 0 saturated heterocycles. The van der Waals surface area contributed by atoms with Gasteiger partial charge >= 0.3 is 0 Å². The number of non-ortho nitro benzene ring substituents is 1. The van der Waals surface area contributed by atoms with Crippen LogP contribution in [0.15, 0.2) is 24.3 Å². The number of nitro groups is 1. The molecule has 1 atom stereocenters. The monoisotopic (exact) mass is 246 g/mol. The molecular weight excluding hydrogens is 236 g/mol. The molecule has 16 heavy (non-hydrogen) atoms. The molecule has 0 radical (unpaired) electrons. The van der Waals surface area contributed by atoms with Crippen molar-refractivity contribution in [3.05, 3.63) is 34.4 Å². The summed E-state index contributed by atoms with van der Waals surface area (Å²) in [6, 6.07) is 5.34. The lowest BCUT2D eigenvalue weighted by molar-refractivity contribution is -0.384. The van der Waals surface area contributed by atoms with Crippen LogP contribution in [0.3, 0.4) is 0 Å². The first-order valence-electron chi connectivity index (χ1n) is 4.28. The Morgan fingerprint density at radius 3 is 2.62 bits per heavy atom. The minimum Gasteiger partial charge on any atom is -0.367 e. The molecule has 7 nitrogen and oxygen atoms in total.